The SMILES string of the molecule is COc1ccc(N2C(N)=NCC23CCC(C)(C)CC3)cc1. The first-order valence-corrected chi connectivity index (χ1v) is 7.70. The molecule has 0 aromatic heterocycles. The third-order valence-corrected chi connectivity index (χ3v) is 5.10. The van der Waals surface area contributed by atoms with Crippen LogP contribution in [0, 0.1) is 5.41 Å². The average molecular weight is 287 g/mol. The number of nitrogens with zero attached hydrogens (tertiary/aromatic N) is 2. The molecule has 0 saturated heterocycles. The van der Waals surface area contributed by atoms with E-state index in [9.17, 15) is 0 Å². The molecule has 1 spiro atoms. The van der Waals surface area contributed by atoms with Crippen molar-refractivity contribution in [3.05, 3.63) is 24.3 Å². The van der Waals surface area contributed by atoms with Gasteiger partial charge < -0.3 is 15.4 Å². The van der Waals surface area contributed by atoms with Crippen molar-refractivity contribution in [1.29, 1.82) is 0 Å². The first-order chi connectivity index (χ1) is 9.96. The molecule has 1 aliphatic carbocycles. The van der Waals surface area contributed by atoms with E-state index in [0.717, 1.165) is 30.8 Å². The summed E-state index contributed by atoms with van der Waals surface area (Å²) in [6, 6.07) is 8.13. The lowest BCUT2D eigenvalue weighted by Crippen LogP contribution is -2.54. The molecule has 1 aromatic rings. The molecule has 114 valence electrons. The standard InChI is InChI=1S/C17H25N3O/c1-16(2)8-10-17(11-9-16)12-19-15(18)20(17)13-4-6-14(21-3)7-5-13/h4-7H,8-12H2,1-3H3,(H2,18,19). The minimum Gasteiger partial charge on any atom is -0.497 e. The van der Waals surface area contributed by atoms with Gasteiger partial charge in [0.15, 0.2) is 5.96 Å². The first-order valence-electron chi connectivity index (χ1n) is 7.70. The number of aliphatic imine (C=N–C) groups is 1. The molecule has 1 aliphatic heterocycles. The zero-order valence-corrected chi connectivity index (χ0v) is 13.2. The Morgan fingerprint density at radius 2 is 1.71 bits per heavy atom. The third-order valence-electron chi connectivity index (χ3n) is 5.10. The van der Waals surface area contributed by atoms with E-state index in [1.165, 1.54) is 12.8 Å². The fourth-order valence-electron chi connectivity index (χ4n) is 3.52. The van der Waals surface area contributed by atoms with Crippen molar-refractivity contribution in [2.45, 2.75) is 45.1 Å². The van der Waals surface area contributed by atoms with Crippen LogP contribution >= 0.6 is 0 Å². The molecule has 2 N–H and O–H groups in total. The van der Waals surface area contributed by atoms with Gasteiger partial charge in [0.05, 0.1) is 19.2 Å². The Balaban J connectivity index is 1.89. The van der Waals surface area contributed by atoms with E-state index in [2.05, 4.69) is 35.9 Å². The zero-order valence-electron chi connectivity index (χ0n) is 13.2. The number of guanidine groups is 1. The summed E-state index contributed by atoms with van der Waals surface area (Å²) in [5.74, 6) is 1.52. The van der Waals surface area contributed by atoms with Crippen molar-refractivity contribution in [3.63, 3.8) is 0 Å². The number of nitrogens with two attached hydrogens (primary N) is 1. The highest BCUT2D eigenvalue weighted by Crippen LogP contribution is 2.46. The Kier molecular flexibility index (Phi) is 3.34. The smallest absolute Gasteiger partial charge is 0.196 e. The molecule has 21 heavy (non-hydrogen) atoms. The lowest BCUT2D eigenvalue weighted by atomic mass is 9.69. The molecule has 2 aliphatic rings. The highest BCUT2D eigenvalue weighted by molar-refractivity contribution is 5.98. The number of ether oxygens (including phenoxy) is 1. The van der Waals surface area contributed by atoms with E-state index in [4.69, 9.17) is 10.5 Å². The highest BCUT2D eigenvalue weighted by atomic mass is 16.5. The van der Waals surface area contributed by atoms with Gasteiger partial charge in [0.2, 0.25) is 0 Å². The molecule has 0 unspecified atom stereocenters. The normalized spacial score (nSPS) is 23.2. The minimum absolute atomic E-state index is 0.0776. The van der Waals surface area contributed by atoms with Crippen molar-refractivity contribution >= 4 is 11.6 Å². The quantitative estimate of drug-likeness (QED) is 0.909. The van der Waals surface area contributed by atoms with E-state index >= 15 is 0 Å². The zero-order chi connectivity index (χ0) is 15.1. The predicted molar refractivity (Wildman–Crippen MR) is 86.9 cm³/mol. The molecule has 0 radical (unpaired) electrons. The number of methoxy groups -OCH3 is 1. The molecule has 1 fully saturated rings. The summed E-state index contributed by atoms with van der Waals surface area (Å²) in [6.07, 6.45) is 4.75. The fraction of sp³-hybridized carbons (Fsp3) is 0.588. The maximum Gasteiger partial charge on any atom is 0.196 e. The number of benzene rings is 1. The van der Waals surface area contributed by atoms with Gasteiger partial charge in [-0.1, -0.05) is 13.8 Å². The Hall–Kier alpha value is -1.71. The number of rotatable bonds is 2. The second-order valence-corrected chi connectivity index (χ2v) is 7.10. The van der Waals surface area contributed by atoms with Crippen LogP contribution in [0.25, 0.3) is 0 Å². The molecule has 1 aromatic carbocycles. The van der Waals surface area contributed by atoms with E-state index in [1.807, 2.05) is 12.1 Å². The summed E-state index contributed by atoms with van der Waals surface area (Å²) in [5.41, 5.74) is 7.84. The molecule has 1 heterocycles. The van der Waals surface area contributed by atoms with Gasteiger partial charge in [0.1, 0.15) is 5.75 Å². The van der Waals surface area contributed by atoms with Gasteiger partial charge in [-0.15, -0.1) is 0 Å². The van der Waals surface area contributed by atoms with Gasteiger partial charge in [0, 0.05) is 5.69 Å². The second-order valence-electron chi connectivity index (χ2n) is 7.10. The van der Waals surface area contributed by atoms with Gasteiger partial charge >= 0.3 is 0 Å². The fourth-order valence-corrected chi connectivity index (χ4v) is 3.52. The van der Waals surface area contributed by atoms with Gasteiger partial charge in [-0.2, -0.15) is 0 Å². The van der Waals surface area contributed by atoms with Crippen LogP contribution in [0.3, 0.4) is 0 Å². The van der Waals surface area contributed by atoms with Crippen LogP contribution in [0.5, 0.6) is 5.75 Å². The Labute approximate surface area is 127 Å². The van der Waals surface area contributed by atoms with Crippen molar-refractivity contribution in [1.82, 2.24) is 0 Å². The van der Waals surface area contributed by atoms with E-state index < -0.39 is 0 Å². The summed E-state index contributed by atoms with van der Waals surface area (Å²) in [5, 5.41) is 0. The predicted octanol–water partition coefficient (Wildman–Crippen LogP) is 3.17. The Morgan fingerprint density at radius 1 is 1.10 bits per heavy atom. The second kappa shape index (κ2) is 4.93. The molecular weight excluding hydrogens is 262 g/mol. The van der Waals surface area contributed by atoms with Gasteiger partial charge in [-0.05, 0) is 55.4 Å². The number of hydrogen-bond acceptors (Lipinski definition) is 4. The average Bonchev–Trinajstić information content (AvgIpc) is 2.80. The number of anilines is 1. The van der Waals surface area contributed by atoms with Crippen LogP contribution in [0.4, 0.5) is 5.69 Å². The molecule has 0 bridgehead atoms. The maximum atomic E-state index is 6.20. The van der Waals surface area contributed by atoms with Crippen molar-refractivity contribution in [3.8, 4) is 5.75 Å². The van der Waals surface area contributed by atoms with Crippen LogP contribution < -0.4 is 15.4 Å². The van der Waals surface area contributed by atoms with E-state index in [0.29, 0.717) is 11.4 Å². The summed E-state index contributed by atoms with van der Waals surface area (Å²) < 4.78 is 5.24. The van der Waals surface area contributed by atoms with Crippen LogP contribution in [-0.4, -0.2) is 25.2 Å². The van der Waals surface area contributed by atoms with Crippen LogP contribution in [0.15, 0.2) is 29.3 Å². The van der Waals surface area contributed by atoms with Gasteiger partial charge in [0.25, 0.3) is 0 Å². The highest BCUT2D eigenvalue weighted by Gasteiger charge is 2.46. The van der Waals surface area contributed by atoms with E-state index in [-0.39, 0.29) is 5.54 Å². The van der Waals surface area contributed by atoms with Crippen molar-refractivity contribution in [2.24, 2.45) is 16.1 Å². The lowest BCUT2D eigenvalue weighted by molar-refractivity contribution is 0.176. The van der Waals surface area contributed by atoms with Crippen LogP contribution in [0.2, 0.25) is 0 Å². The van der Waals surface area contributed by atoms with Gasteiger partial charge in [-0.3, -0.25) is 4.99 Å². The molecule has 1 saturated carbocycles. The first kappa shape index (κ1) is 14.2. The summed E-state index contributed by atoms with van der Waals surface area (Å²) in [7, 11) is 1.69. The number of hydrogen-bond donors (Lipinski definition) is 1. The van der Waals surface area contributed by atoms with Crippen molar-refractivity contribution in [2.75, 3.05) is 18.6 Å². The third kappa shape index (κ3) is 2.47. The van der Waals surface area contributed by atoms with Gasteiger partial charge in [-0.25, -0.2) is 0 Å². The molecule has 0 atom stereocenters. The molecule has 3 rings (SSSR count). The molecule has 4 nitrogen and oxygen atoms in total. The Morgan fingerprint density at radius 3 is 2.29 bits per heavy atom. The summed E-state index contributed by atoms with van der Waals surface area (Å²) in [4.78, 5) is 6.80. The maximum absolute atomic E-state index is 6.20. The monoisotopic (exact) mass is 287 g/mol. The molecule has 0 amide bonds. The molecular formula is C17H25N3O. The van der Waals surface area contributed by atoms with E-state index in [1.54, 1.807) is 7.11 Å². The lowest BCUT2D eigenvalue weighted by Gasteiger charge is -2.46. The largest absolute Gasteiger partial charge is 0.497 e. The van der Waals surface area contributed by atoms with Crippen LogP contribution in [0.1, 0.15) is 39.5 Å². The minimum atomic E-state index is 0.0776. The molecule has 4 heteroatoms. The Bertz CT molecular complexity index is 538. The summed E-state index contributed by atoms with van der Waals surface area (Å²) >= 11 is 0. The topological polar surface area (TPSA) is 50.9 Å². The summed E-state index contributed by atoms with van der Waals surface area (Å²) in [6.45, 7) is 5.54. The van der Waals surface area contributed by atoms with Crippen molar-refractivity contribution < 1.29 is 4.74 Å². The van der Waals surface area contributed by atoms with Crippen LogP contribution in [-0.2, 0) is 0 Å².